The second-order valence-corrected chi connectivity index (χ2v) is 6.07. The van der Waals surface area contributed by atoms with Crippen LogP contribution < -0.4 is 10.1 Å². The summed E-state index contributed by atoms with van der Waals surface area (Å²) in [6, 6.07) is 2.17. The van der Waals surface area contributed by atoms with Crippen LogP contribution in [0.15, 0.2) is 27.9 Å². The highest BCUT2D eigenvalue weighted by molar-refractivity contribution is 9.10. The fourth-order valence-corrected chi connectivity index (χ4v) is 2.95. The fourth-order valence-electron chi connectivity index (χ4n) is 2.49. The van der Waals surface area contributed by atoms with E-state index in [2.05, 4.69) is 21.2 Å². The summed E-state index contributed by atoms with van der Waals surface area (Å²) in [5, 5.41) is 12.8. The van der Waals surface area contributed by atoms with Crippen molar-refractivity contribution in [2.75, 3.05) is 20.8 Å². The summed E-state index contributed by atoms with van der Waals surface area (Å²) in [5.41, 5.74) is 1.40. The van der Waals surface area contributed by atoms with Gasteiger partial charge in [-0.3, -0.25) is 0 Å². The summed E-state index contributed by atoms with van der Waals surface area (Å²) in [7, 11) is 2.86. The first-order valence-electron chi connectivity index (χ1n) is 7.30. The number of allylic oxidation sites excluding steroid dienone is 1. The smallest absolute Gasteiger partial charge is 0.337 e. The first kappa shape index (κ1) is 18.1. The Morgan fingerprint density at radius 2 is 2.12 bits per heavy atom. The topological polar surface area (TPSA) is 88.1 Å². The summed E-state index contributed by atoms with van der Waals surface area (Å²) in [4.78, 5) is 25.7. The number of amides is 2. The molecular formula is C16H19BrN2O5. The number of halogens is 1. The van der Waals surface area contributed by atoms with E-state index in [0.717, 1.165) is 0 Å². The second kappa shape index (κ2) is 7.12. The van der Waals surface area contributed by atoms with Gasteiger partial charge >= 0.3 is 12.0 Å². The predicted molar refractivity (Wildman–Crippen MR) is 90.7 cm³/mol. The molecule has 0 saturated heterocycles. The number of phenolic OH excluding ortho intramolecular Hbond substituents is 1. The zero-order valence-corrected chi connectivity index (χ0v) is 15.4. The van der Waals surface area contributed by atoms with Crippen LogP contribution in [0.4, 0.5) is 4.79 Å². The number of urea groups is 1. The maximum atomic E-state index is 12.2. The minimum absolute atomic E-state index is 0.0415. The maximum Gasteiger partial charge on any atom is 0.337 e. The van der Waals surface area contributed by atoms with Gasteiger partial charge in [0.05, 0.1) is 29.8 Å². The van der Waals surface area contributed by atoms with Crippen LogP contribution >= 0.6 is 15.9 Å². The standard InChI is InChI=1S/C16H19BrN2O5/c1-5-24-11-7-9(6-10(17)14(11)20)13-12(15(21)23-4)8(2)19(3)16(22)18-13/h6-7,13,20H,5H2,1-4H3,(H,18,22)/t13-/m0/s1. The first-order chi connectivity index (χ1) is 11.3. The van der Waals surface area contributed by atoms with Gasteiger partial charge in [0.1, 0.15) is 0 Å². The van der Waals surface area contributed by atoms with E-state index in [1.165, 1.54) is 12.0 Å². The lowest BCUT2D eigenvalue weighted by molar-refractivity contribution is -0.136. The van der Waals surface area contributed by atoms with Crippen molar-refractivity contribution in [3.63, 3.8) is 0 Å². The van der Waals surface area contributed by atoms with Gasteiger partial charge in [0.2, 0.25) is 0 Å². The molecule has 1 aromatic carbocycles. The largest absolute Gasteiger partial charge is 0.503 e. The number of aromatic hydroxyl groups is 1. The maximum absolute atomic E-state index is 12.2. The van der Waals surface area contributed by atoms with E-state index in [-0.39, 0.29) is 17.5 Å². The molecule has 0 aliphatic carbocycles. The molecule has 0 fully saturated rings. The Morgan fingerprint density at radius 3 is 2.71 bits per heavy atom. The van der Waals surface area contributed by atoms with Gasteiger partial charge in [0.15, 0.2) is 11.5 Å². The molecule has 8 heteroatoms. The molecule has 1 aromatic rings. The van der Waals surface area contributed by atoms with E-state index in [4.69, 9.17) is 9.47 Å². The Morgan fingerprint density at radius 1 is 1.46 bits per heavy atom. The molecule has 0 unspecified atom stereocenters. The Kier molecular flexibility index (Phi) is 5.38. The quantitative estimate of drug-likeness (QED) is 0.761. The number of nitrogens with one attached hydrogen (secondary N) is 1. The number of hydrogen-bond acceptors (Lipinski definition) is 5. The first-order valence-corrected chi connectivity index (χ1v) is 8.09. The van der Waals surface area contributed by atoms with E-state index in [1.54, 1.807) is 33.0 Å². The zero-order chi connectivity index (χ0) is 18.0. The lowest BCUT2D eigenvalue weighted by Gasteiger charge is -2.33. The Bertz CT molecular complexity index is 717. The van der Waals surface area contributed by atoms with Crippen molar-refractivity contribution in [2.45, 2.75) is 19.9 Å². The van der Waals surface area contributed by atoms with Crippen molar-refractivity contribution in [1.29, 1.82) is 0 Å². The SMILES string of the molecule is CCOc1cc([C@@H]2NC(=O)N(C)C(C)=C2C(=O)OC)cc(Br)c1O. The normalized spacial score (nSPS) is 17.6. The molecular weight excluding hydrogens is 380 g/mol. The molecule has 130 valence electrons. The van der Waals surface area contributed by atoms with Crippen LogP contribution in [0.5, 0.6) is 11.5 Å². The molecule has 2 rings (SSSR count). The molecule has 1 aliphatic heterocycles. The van der Waals surface area contributed by atoms with E-state index in [0.29, 0.717) is 27.9 Å². The Hall–Kier alpha value is -2.22. The number of ether oxygens (including phenoxy) is 2. The number of carbonyl (C=O) groups excluding carboxylic acids is 2. The lowest BCUT2D eigenvalue weighted by Crippen LogP contribution is -2.46. The van der Waals surface area contributed by atoms with E-state index < -0.39 is 12.0 Å². The molecule has 0 bridgehead atoms. The third-order valence-electron chi connectivity index (χ3n) is 3.84. The monoisotopic (exact) mass is 398 g/mol. The van der Waals surface area contributed by atoms with Crippen molar-refractivity contribution in [3.8, 4) is 11.5 Å². The van der Waals surface area contributed by atoms with Gasteiger partial charge in [-0.2, -0.15) is 0 Å². The molecule has 0 saturated carbocycles. The average molecular weight is 399 g/mol. The predicted octanol–water partition coefficient (Wildman–Crippen LogP) is 2.70. The van der Waals surface area contributed by atoms with Crippen molar-refractivity contribution >= 4 is 27.9 Å². The van der Waals surface area contributed by atoms with Crippen LogP contribution in [-0.4, -0.2) is 42.8 Å². The number of phenols is 1. The van der Waals surface area contributed by atoms with E-state index in [1.807, 2.05) is 0 Å². The summed E-state index contributed by atoms with van der Waals surface area (Å²) in [5.74, 6) is -0.316. The van der Waals surface area contributed by atoms with Crippen molar-refractivity contribution in [2.24, 2.45) is 0 Å². The van der Waals surface area contributed by atoms with Crippen LogP contribution in [0.2, 0.25) is 0 Å². The summed E-state index contributed by atoms with van der Waals surface area (Å²) in [6.07, 6.45) is 0. The third kappa shape index (κ3) is 3.19. The van der Waals surface area contributed by atoms with Gasteiger partial charge in [-0.1, -0.05) is 0 Å². The van der Waals surface area contributed by atoms with Gasteiger partial charge in [0, 0.05) is 12.7 Å². The molecule has 0 aromatic heterocycles. The molecule has 1 aliphatic rings. The molecule has 1 heterocycles. The minimum atomic E-state index is -0.711. The minimum Gasteiger partial charge on any atom is -0.503 e. The van der Waals surface area contributed by atoms with Crippen LogP contribution in [-0.2, 0) is 9.53 Å². The molecule has 24 heavy (non-hydrogen) atoms. The molecule has 1 atom stereocenters. The van der Waals surface area contributed by atoms with Crippen molar-refractivity contribution in [3.05, 3.63) is 33.4 Å². The molecule has 7 nitrogen and oxygen atoms in total. The van der Waals surface area contributed by atoms with Gasteiger partial charge in [0.25, 0.3) is 0 Å². The van der Waals surface area contributed by atoms with Gasteiger partial charge in [-0.15, -0.1) is 0 Å². The van der Waals surface area contributed by atoms with Gasteiger partial charge in [-0.25, -0.2) is 9.59 Å². The summed E-state index contributed by atoms with van der Waals surface area (Å²) < 4.78 is 10.7. The highest BCUT2D eigenvalue weighted by Gasteiger charge is 2.35. The van der Waals surface area contributed by atoms with Crippen LogP contribution in [0, 0.1) is 0 Å². The highest BCUT2D eigenvalue weighted by Crippen LogP contribution is 2.40. The highest BCUT2D eigenvalue weighted by atomic mass is 79.9. The number of hydrogen-bond donors (Lipinski definition) is 2. The van der Waals surface area contributed by atoms with Crippen molar-refractivity contribution in [1.82, 2.24) is 10.2 Å². The third-order valence-corrected chi connectivity index (χ3v) is 4.45. The fraction of sp³-hybridized carbons (Fsp3) is 0.375. The Balaban J connectivity index is 2.60. The van der Waals surface area contributed by atoms with E-state index >= 15 is 0 Å². The number of methoxy groups -OCH3 is 1. The second-order valence-electron chi connectivity index (χ2n) is 5.21. The number of nitrogens with zero attached hydrogens (tertiary/aromatic N) is 1. The lowest BCUT2D eigenvalue weighted by atomic mass is 9.94. The zero-order valence-electron chi connectivity index (χ0n) is 13.8. The van der Waals surface area contributed by atoms with Gasteiger partial charge < -0.3 is 24.8 Å². The summed E-state index contributed by atoms with van der Waals surface area (Å²) >= 11 is 3.26. The van der Waals surface area contributed by atoms with Gasteiger partial charge in [-0.05, 0) is 47.5 Å². The number of esters is 1. The number of benzene rings is 1. The number of rotatable bonds is 4. The molecule has 2 N–H and O–H groups in total. The molecule has 2 amide bonds. The summed E-state index contributed by atoms with van der Waals surface area (Å²) in [6.45, 7) is 3.83. The Labute approximate surface area is 148 Å². The van der Waals surface area contributed by atoms with E-state index in [9.17, 15) is 14.7 Å². The van der Waals surface area contributed by atoms with Crippen LogP contribution in [0.25, 0.3) is 0 Å². The van der Waals surface area contributed by atoms with Crippen molar-refractivity contribution < 1.29 is 24.2 Å². The molecule has 0 spiro atoms. The number of carbonyl (C=O) groups is 2. The average Bonchev–Trinajstić information content (AvgIpc) is 2.55. The molecule has 0 radical (unpaired) electrons. The van der Waals surface area contributed by atoms with Crippen LogP contribution in [0.1, 0.15) is 25.5 Å². The van der Waals surface area contributed by atoms with Crippen LogP contribution in [0.3, 0.4) is 0 Å².